The molecule has 1 aliphatic heterocycles. The Morgan fingerprint density at radius 2 is 1.76 bits per heavy atom. The SMILES string of the molecule is COc1nc(-c2cccc(-c3cccc(-c4cc5c(=O)n(C)c(CN[C@H](C)C(=O)O)nn5c4)c3Cl)c2Cl)ccc1CNC[C@@H]1CCC(=O)N1. The molecule has 1 amide bonds. The lowest BCUT2D eigenvalue weighted by atomic mass is 9.97. The van der Waals surface area contributed by atoms with Crippen LogP contribution in [0.1, 0.15) is 31.2 Å². The molecule has 4 N–H and O–H groups in total. The predicted molar refractivity (Wildman–Crippen MR) is 188 cm³/mol. The van der Waals surface area contributed by atoms with E-state index in [2.05, 4.69) is 21.0 Å². The maximum absolute atomic E-state index is 13.2. The van der Waals surface area contributed by atoms with Gasteiger partial charge in [0, 0.05) is 72.2 Å². The normalized spacial score (nSPS) is 15.0. The summed E-state index contributed by atoms with van der Waals surface area (Å²) in [6.07, 6.45) is 3.10. The van der Waals surface area contributed by atoms with Crippen LogP contribution in [0.4, 0.5) is 0 Å². The van der Waals surface area contributed by atoms with Crippen LogP contribution in [0, 0.1) is 0 Å². The Morgan fingerprint density at radius 3 is 2.43 bits per heavy atom. The highest BCUT2D eigenvalue weighted by atomic mass is 35.5. The number of fused-ring (bicyclic) bond motifs is 1. The lowest BCUT2D eigenvalue weighted by Gasteiger charge is -2.15. The van der Waals surface area contributed by atoms with Gasteiger partial charge in [-0.1, -0.05) is 65.7 Å². The van der Waals surface area contributed by atoms with Crippen LogP contribution in [0.2, 0.25) is 10.0 Å². The maximum atomic E-state index is 13.2. The third-order valence-corrected chi connectivity index (χ3v) is 9.48. The number of carboxylic acid groups (broad SMARTS) is 1. The van der Waals surface area contributed by atoms with Gasteiger partial charge in [-0.05, 0) is 25.5 Å². The van der Waals surface area contributed by atoms with Gasteiger partial charge in [0.1, 0.15) is 17.4 Å². The molecule has 14 heteroatoms. The van der Waals surface area contributed by atoms with Crippen molar-refractivity contribution in [2.75, 3.05) is 13.7 Å². The molecule has 1 aliphatic rings. The summed E-state index contributed by atoms with van der Waals surface area (Å²) in [7, 11) is 3.17. The van der Waals surface area contributed by atoms with Crippen molar-refractivity contribution < 1.29 is 19.4 Å². The number of hydrogen-bond acceptors (Lipinski definition) is 8. The maximum Gasteiger partial charge on any atom is 0.320 e. The van der Waals surface area contributed by atoms with Crippen molar-refractivity contribution in [1.29, 1.82) is 0 Å². The van der Waals surface area contributed by atoms with Crippen molar-refractivity contribution in [3.05, 3.63) is 92.6 Å². The van der Waals surface area contributed by atoms with Gasteiger partial charge in [0.05, 0.1) is 29.4 Å². The second-order valence-electron chi connectivity index (χ2n) is 11.9. The minimum Gasteiger partial charge on any atom is -0.481 e. The zero-order valence-corrected chi connectivity index (χ0v) is 28.6. The highest BCUT2D eigenvalue weighted by Gasteiger charge is 2.21. The van der Waals surface area contributed by atoms with Gasteiger partial charge >= 0.3 is 5.97 Å². The average Bonchev–Trinajstić information content (AvgIpc) is 3.72. The fraction of sp³-hybridized carbons (Fsp3) is 0.286. The molecule has 0 unspecified atom stereocenters. The Balaban J connectivity index is 1.28. The van der Waals surface area contributed by atoms with E-state index in [1.54, 1.807) is 26.4 Å². The summed E-state index contributed by atoms with van der Waals surface area (Å²) in [4.78, 5) is 40.7. The Bertz CT molecular complexity index is 2130. The van der Waals surface area contributed by atoms with E-state index in [-0.39, 0.29) is 24.1 Å². The number of carboxylic acids is 1. The summed E-state index contributed by atoms with van der Waals surface area (Å²) in [5.74, 6) is -0.0672. The van der Waals surface area contributed by atoms with Gasteiger partial charge in [-0.15, -0.1) is 0 Å². The standard InChI is InChI=1S/C35H35Cl2N7O5/c1-19(35(47)48)39-17-29-42-44-18-21(14-28(44)34(46)43(29)2)23-6-4-7-24(31(23)36)25-8-5-9-26(32(25)37)27-12-10-20(33(41-27)49-3)15-38-16-22-11-13-30(45)40-22/h4-10,12,14,18-19,22,38-39H,11,13,15-17H2,1-3H3,(H,40,45)(H,47,48)/t19-,22+/m1/s1. The van der Waals surface area contributed by atoms with Crippen LogP contribution in [0.25, 0.3) is 39.0 Å². The van der Waals surface area contributed by atoms with E-state index in [0.29, 0.717) is 80.3 Å². The molecule has 49 heavy (non-hydrogen) atoms. The summed E-state index contributed by atoms with van der Waals surface area (Å²) in [6.45, 7) is 2.80. The Hall–Kier alpha value is -4.75. The third-order valence-electron chi connectivity index (χ3n) is 8.67. The summed E-state index contributed by atoms with van der Waals surface area (Å²) in [6, 6.07) is 16.2. The molecule has 0 bridgehead atoms. The summed E-state index contributed by atoms with van der Waals surface area (Å²) in [5, 5.41) is 23.9. The molecule has 1 fully saturated rings. The van der Waals surface area contributed by atoms with Crippen LogP contribution in [-0.2, 0) is 29.7 Å². The molecule has 5 aromatic rings. The monoisotopic (exact) mass is 703 g/mol. The molecule has 2 aromatic carbocycles. The number of pyridine rings is 1. The van der Waals surface area contributed by atoms with Gasteiger partial charge in [-0.3, -0.25) is 24.3 Å². The number of aliphatic carboxylic acids is 1. The number of methoxy groups -OCH3 is 1. The van der Waals surface area contributed by atoms with E-state index in [0.717, 1.165) is 12.0 Å². The van der Waals surface area contributed by atoms with Gasteiger partial charge in [0.25, 0.3) is 5.56 Å². The van der Waals surface area contributed by atoms with Gasteiger partial charge in [0.2, 0.25) is 11.8 Å². The number of carbonyl (C=O) groups excluding carboxylic acids is 1. The molecule has 12 nitrogen and oxygen atoms in total. The first-order valence-electron chi connectivity index (χ1n) is 15.7. The van der Waals surface area contributed by atoms with Crippen LogP contribution in [-0.4, -0.2) is 61.9 Å². The number of rotatable bonds is 12. The first kappa shape index (κ1) is 34.1. The number of halogens is 2. The van der Waals surface area contributed by atoms with Crippen LogP contribution in [0.15, 0.2) is 65.6 Å². The van der Waals surface area contributed by atoms with Crippen molar-refractivity contribution in [1.82, 2.24) is 35.1 Å². The van der Waals surface area contributed by atoms with Crippen LogP contribution in [0.5, 0.6) is 5.88 Å². The topological polar surface area (TPSA) is 152 Å². The molecule has 4 heterocycles. The lowest BCUT2D eigenvalue weighted by molar-refractivity contribution is -0.139. The summed E-state index contributed by atoms with van der Waals surface area (Å²) in [5.41, 5.74) is 5.03. The average molecular weight is 705 g/mol. The first-order valence-corrected chi connectivity index (χ1v) is 16.5. The second-order valence-corrected chi connectivity index (χ2v) is 12.7. The minimum atomic E-state index is -1.000. The lowest BCUT2D eigenvalue weighted by Crippen LogP contribution is -2.36. The molecule has 2 atom stereocenters. The van der Waals surface area contributed by atoms with E-state index >= 15 is 0 Å². The number of benzene rings is 2. The number of hydrogen-bond donors (Lipinski definition) is 4. The molecular formula is C35H35Cl2N7O5. The van der Waals surface area contributed by atoms with Crippen LogP contribution >= 0.6 is 23.2 Å². The fourth-order valence-corrected chi connectivity index (χ4v) is 6.51. The minimum absolute atomic E-state index is 0.0829. The van der Waals surface area contributed by atoms with E-state index in [1.165, 1.54) is 16.0 Å². The number of ether oxygens (including phenoxy) is 1. The zero-order valence-electron chi connectivity index (χ0n) is 27.1. The molecule has 1 saturated heterocycles. The number of aromatic nitrogens is 4. The van der Waals surface area contributed by atoms with Crippen molar-refractivity contribution >= 4 is 40.6 Å². The first-order chi connectivity index (χ1) is 23.5. The van der Waals surface area contributed by atoms with Crippen molar-refractivity contribution in [2.45, 2.75) is 44.9 Å². The largest absolute Gasteiger partial charge is 0.481 e. The van der Waals surface area contributed by atoms with E-state index < -0.39 is 12.0 Å². The molecule has 0 spiro atoms. The quantitative estimate of drug-likeness (QED) is 0.145. The molecular weight excluding hydrogens is 669 g/mol. The molecule has 0 aliphatic carbocycles. The highest BCUT2D eigenvalue weighted by Crippen LogP contribution is 2.42. The van der Waals surface area contributed by atoms with Gasteiger partial charge in [-0.2, -0.15) is 5.10 Å². The zero-order chi connectivity index (χ0) is 34.8. The number of nitrogens with one attached hydrogen (secondary N) is 3. The van der Waals surface area contributed by atoms with Gasteiger partial charge in [0.15, 0.2) is 0 Å². The van der Waals surface area contributed by atoms with Crippen molar-refractivity contribution in [2.24, 2.45) is 7.05 Å². The highest BCUT2D eigenvalue weighted by molar-refractivity contribution is 6.39. The Morgan fingerprint density at radius 1 is 1.06 bits per heavy atom. The molecule has 0 radical (unpaired) electrons. The van der Waals surface area contributed by atoms with E-state index in [4.69, 9.17) is 32.9 Å². The van der Waals surface area contributed by atoms with Crippen molar-refractivity contribution in [3.8, 4) is 39.4 Å². The number of nitrogens with zero attached hydrogens (tertiary/aromatic N) is 4. The van der Waals surface area contributed by atoms with Crippen LogP contribution < -0.4 is 26.2 Å². The molecule has 0 saturated carbocycles. The van der Waals surface area contributed by atoms with Crippen LogP contribution in [0.3, 0.4) is 0 Å². The van der Waals surface area contributed by atoms with E-state index in [1.807, 2.05) is 48.5 Å². The number of amides is 1. The number of carbonyl (C=O) groups is 2. The third kappa shape index (κ3) is 7.04. The molecule has 3 aromatic heterocycles. The van der Waals surface area contributed by atoms with Gasteiger partial charge in [-0.25, -0.2) is 9.50 Å². The smallest absolute Gasteiger partial charge is 0.320 e. The van der Waals surface area contributed by atoms with Crippen molar-refractivity contribution in [3.63, 3.8) is 0 Å². The van der Waals surface area contributed by atoms with Gasteiger partial charge < -0.3 is 20.5 Å². The van der Waals surface area contributed by atoms with E-state index in [9.17, 15) is 19.5 Å². The molecule has 254 valence electrons. The molecule has 6 rings (SSSR count). The Kier molecular flexibility index (Phi) is 10.0. The Labute approximate surface area is 292 Å². The fourth-order valence-electron chi connectivity index (χ4n) is 5.85. The predicted octanol–water partition coefficient (Wildman–Crippen LogP) is 4.68. The summed E-state index contributed by atoms with van der Waals surface area (Å²) < 4.78 is 8.51. The second kappa shape index (κ2) is 14.4. The summed E-state index contributed by atoms with van der Waals surface area (Å²) >= 11 is 14.1.